The summed E-state index contributed by atoms with van der Waals surface area (Å²) in [6.07, 6.45) is 5.83. The van der Waals surface area contributed by atoms with Crippen molar-refractivity contribution in [3.63, 3.8) is 0 Å². The quantitative estimate of drug-likeness (QED) is 0.774. The van der Waals surface area contributed by atoms with Crippen LogP contribution in [0.15, 0.2) is 0 Å². The number of hydrogen-bond acceptors (Lipinski definition) is 4. The zero-order valence-electron chi connectivity index (χ0n) is 12.0. The maximum atomic E-state index is 12.4. The summed E-state index contributed by atoms with van der Waals surface area (Å²) in [5, 5.41) is 9.49. The topological polar surface area (TPSA) is 78.9 Å². The summed E-state index contributed by atoms with van der Waals surface area (Å²) in [7, 11) is -3.50. The maximum Gasteiger partial charge on any atom is 0.279 e. The number of ether oxygens (including phenoxy) is 1. The smallest absolute Gasteiger partial charge is 0.279 e. The Kier molecular flexibility index (Phi) is 6.22. The summed E-state index contributed by atoms with van der Waals surface area (Å²) < 4.78 is 34.4. The number of aliphatic hydroxyl groups excluding tert-OH is 1. The highest BCUT2D eigenvalue weighted by Gasteiger charge is 2.30. The van der Waals surface area contributed by atoms with E-state index >= 15 is 0 Å². The second-order valence-corrected chi connectivity index (χ2v) is 7.40. The van der Waals surface area contributed by atoms with Crippen LogP contribution < -0.4 is 4.72 Å². The van der Waals surface area contributed by atoms with E-state index in [4.69, 9.17) is 4.74 Å². The fourth-order valence-corrected chi connectivity index (χ4v) is 4.45. The Morgan fingerprint density at radius 2 is 1.90 bits per heavy atom. The van der Waals surface area contributed by atoms with Crippen LogP contribution in [0.5, 0.6) is 0 Å². The maximum absolute atomic E-state index is 12.4. The Bertz CT molecular complexity index is 374. The average Bonchev–Trinajstić information content (AvgIpc) is 2.75. The molecule has 2 aliphatic rings. The van der Waals surface area contributed by atoms with E-state index in [1.165, 1.54) is 4.31 Å². The van der Waals surface area contributed by atoms with Gasteiger partial charge in [0.05, 0.1) is 19.3 Å². The van der Waals surface area contributed by atoms with Crippen LogP contribution in [0.4, 0.5) is 0 Å². The Morgan fingerprint density at radius 1 is 1.20 bits per heavy atom. The van der Waals surface area contributed by atoms with E-state index < -0.39 is 16.3 Å². The van der Waals surface area contributed by atoms with Crippen molar-refractivity contribution in [2.24, 2.45) is 5.92 Å². The predicted octanol–water partition coefficient (Wildman–Crippen LogP) is 0.484. The third-order valence-corrected chi connectivity index (χ3v) is 5.81. The molecule has 0 amide bonds. The molecule has 0 radical (unpaired) electrons. The van der Waals surface area contributed by atoms with Gasteiger partial charge in [0.1, 0.15) is 0 Å². The van der Waals surface area contributed by atoms with Crippen molar-refractivity contribution in [3.05, 3.63) is 0 Å². The Hall–Kier alpha value is -0.210. The lowest BCUT2D eigenvalue weighted by Crippen LogP contribution is -2.51. The molecular formula is C13H26N2O4S. The van der Waals surface area contributed by atoms with Crippen molar-refractivity contribution >= 4 is 10.2 Å². The van der Waals surface area contributed by atoms with E-state index in [1.807, 2.05) is 0 Å². The van der Waals surface area contributed by atoms with Crippen molar-refractivity contribution in [3.8, 4) is 0 Å². The van der Waals surface area contributed by atoms with Gasteiger partial charge in [0, 0.05) is 25.6 Å². The SMILES string of the molecule is O=S(=O)(NC(CO)C1CCCOC1)N1CCCCCC1. The van der Waals surface area contributed by atoms with Crippen LogP contribution in [0.25, 0.3) is 0 Å². The average molecular weight is 306 g/mol. The normalized spacial score (nSPS) is 27.9. The molecule has 2 atom stereocenters. The lowest BCUT2D eigenvalue weighted by atomic mass is 9.95. The molecule has 20 heavy (non-hydrogen) atoms. The Balaban J connectivity index is 1.96. The second kappa shape index (κ2) is 7.70. The van der Waals surface area contributed by atoms with E-state index in [-0.39, 0.29) is 12.5 Å². The standard InChI is InChI=1S/C13H26N2O4S/c16-10-13(12-6-5-9-19-11-12)14-20(17,18)15-7-3-1-2-4-8-15/h12-14,16H,1-11H2. The number of nitrogens with one attached hydrogen (secondary N) is 1. The molecule has 2 saturated heterocycles. The first-order valence-electron chi connectivity index (χ1n) is 7.59. The second-order valence-electron chi connectivity index (χ2n) is 5.70. The Labute approximate surface area is 121 Å². The molecule has 0 saturated carbocycles. The molecular weight excluding hydrogens is 280 g/mol. The summed E-state index contributed by atoms with van der Waals surface area (Å²) in [5.41, 5.74) is 0. The van der Waals surface area contributed by atoms with Crippen molar-refractivity contribution in [1.82, 2.24) is 9.03 Å². The molecule has 2 N–H and O–H groups in total. The van der Waals surface area contributed by atoms with Crippen LogP contribution in [0, 0.1) is 5.92 Å². The van der Waals surface area contributed by atoms with Gasteiger partial charge in [-0.1, -0.05) is 12.8 Å². The lowest BCUT2D eigenvalue weighted by molar-refractivity contribution is 0.0324. The van der Waals surface area contributed by atoms with Gasteiger partial charge in [-0.05, 0) is 25.7 Å². The zero-order valence-corrected chi connectivity index (χ0v) is 12.8. The largest absolute Gasteiger partial charge is 0.395 e. The first kappa shape index (κ1) is 16.2. The summed E-state index contributed by atoms with van der Waals surface area (Å²) in [6.45, 7) is 2.23. The van der Waals surface area contributed by atoms with Crippen molar-refractivity contribution in [2.75, 3.05) is 32.9 Å². The summed E-state index contributed by atoms with van der Waals surface area (Å²) in [6, 6.07) is -0.441. The van der Waals surface area contributed by atoms with Crippen LogP contribution in [0.2, 0.25) is 0 Å². The van der Waals surface area contributed by atoms with Gasteiger partial charge >= 0.3 is 0 Å². The highest BCUT2D eigenvalue weighted by Crippen LogP contribution is 2.19. The van der Waals surface area contributed by atoms with Crippen molar-refractivity contribution < 1.29 is 18.3 Å². The molecule has 2 heterocycles. The van der Waals surface area contributed by atoms with Gasteiger partial charge in [0.15, 0.2) is 0 Å². The molecule has 118 valence electrons. The van der Waals surface area contributed by atoms with Crippen molar-refractivity contribution in [2.45, 2.75) is 44.6 Å². The van der Waals surface area contributed by atoms with Crippen LogP contribution in [-0.2, 0) is 14.9 Å². The zero-order chi connectivity index (χ0) is 14.4. The number of rotatable bonds is 5. The van der Waals surface area contributed by atoms with E-state index in [2.05, 4.69) is 4.72 Å². The van der Waals surface area contributed by atoms with Gasteiger partial charge in [-0.2, -0.15) is 17.4 Å². The molecule has 0 bridgehead atoms. The van der Waals surface area contributed by atoms with Gasteiger partial charge in [-0.15, -0.1) is 0 Å². The summed E-state index contributed by atoms with van der Waals surface area (Å²) >= 11 is 0. The van der Waals surface area contributed by atoms with Gasteiger partial charge in [-0.25, -0.2) is 0 Å². The van der Waals surface area contributed by atoms with E-state index in [0.29, 0.717) is 19.7 Å². The molecule has 2 fully saturated rings. The van der Waals surface area contributed by atoms with Crippen LogP contribution >= 0.6 is 0 Å². The fourth-order valence-electron chi connectivity index (χ4n) is 2.91. The lowest BCUT2D eigenvalue weighted by Gasteiger charge is -2.31. The summed E-state index contributed by atoms with van der Waals surface area (Å²) in [5.74, 6) is 0.0653. The highest BCUT2D eigenvalue weighted by molar-refractivity contribution is 7.87. The van der Waals surface area contributed by atoms with Crippen LogP contribution in [0.3, 0.4) is 0 Å². The van der Waals surface area contributed by atoms with Gasteiger partial charge in [-0.3, -0.25) is 0 Å². The fraction of sp³-hybridized carbons (Fsp3) is 1.00. The minimum Gasteiger partial charge on any atom is -0.395 e. The first-order chi connectivity index (χ1) is 9.63. The molecule has 2 rings (SSSR count). The van der Waals surface area contributed by atoms with Gasteiger partial charge < -0.3 is 9.84 Å². The van der Waals surface area contributed by atoms with E-state index in [9.17, 15) is 13.5 Å². The number of nitrogens with zero attached hydrogens (tertiary/aromatic N) is 1. The van der Waals surface area contributed by atoms with E-state index in [0.717, 1.165) is 45.1 Å². The molecule has 0 aromatic heterocycles. The highest BCUT2D eigenvalue weighted by atomic mass is 32.2. The van der Waals surface area contributed by atoms with Crippen molar-refractivity contribution in [1.29, 1.82) is 0 Å². The van der Waals surface area contributed by atoms with Crippen LogP contribution in [-0.4, -0.2) is 56.8 Å². The molecule has 0 spiro atoms. The minimum atomic E-state index is -3.50. The predicted molar refractivity (Wildman–Crippen MR) is 76.5 cm³/mol. The number of hydrogen-bond donors (Lipinski definition) is 2. The molecule has 0 aliphatic carbocycles. The third kappa shape index (κ3) is 4.39. The molecule has 0 aromatic rings. The molecule has 0 aromatic carbocycles. The van der Waals surface area contributed by atoms with Gasteiger partial charge in [0.2, 0.25) is 0 Å². The monoisotopic (exact) mass is 306 g/mol. The van der Waals surface area contributed by atoms with Gasteiger partial charge in [0.25, 0.3) is 10.2 Å². The summed E-state index contributed by atoms with van der Waals surface area (Å²) in [4.78, 5) is 0. The Morgan fingerprint density at radius 3 is 2.45 bits per heavy atom. The third-order valence-electron chi connectivity index (χ3n) is 4.17. The molecule has 2 aliphatic heterocycles. The number of aliphatic hydroxyl groups is 1. The van der Waals surface area contributed by atoms with Crippen LogP contribution in [0.1, 0.15) is 38.5 Å². The molecule has 7 heteroatoms. The first-order valence-corrected chi connectivity index (χ1v) is 9.03. The minimum absolute atomic E-state index is 0.0653. The molecule has 6 nitrogen and oxygen atoms in total. The molecule has 2 unspecified atom stereocenters. The van der Waals surface area contributed by atoms with E-state index in [1.54, 1.807) is 0 Å².